The van der Waals surface area contributed by atoms with Crippen LogP contribution in [-0.4, -0.2) is 27.1 Å². The Morgan fingerprint density at radius 3 is 2.21 bits per heavy atom. The van der Waals surface area contributed by atoms with Crippen molar-refractivity contribution in [3.63, 3.8) is 0 Å². The van der Waals surface area contributed by atoms with Crippen LogP contribution >= 0.6 is 11.6 Å². The lowest BCUT2D eigenvalue weighted by atomic mass is 9.96. The van der Waals surface area contributed by atoms with Crippen LogP contribution in [0.25, 0.3) is 0 Å². The Hall–Kier alpha value is -2.05. The van der Waals surface area contributed by atoms with Gasteiger partial charge in [-0.25, -0.2) is 8.42 Å². The molecule has 1 amide bonds. The maximum atomic E-state index is 12.6. The number of hydrogen-bond donors (Lipinski definition) is 1. The molecule has 0 spiro atoms. The number of rotatable bonds is 6. The molecule has 0 unspecified atom stereocenters. The smallest absolute Gasteiger partial charge is 0.241 e. The van der Waals surface area contributed by atoms with Gasteiger partial charge in [0, 0.05) is 5.02 Å². The molecule has 1 N–H and O–H groups in total. The van der Waals surface area contributed by atoms with Crippen molar-refractivity contribution in [2.45, 2.75) is 40.7 Å². The number of hydrogen-bond acceptors (Lipinski definition) is 3. The Morgan fingerprint density at radius 1 is 1.04 bits per heavy atom. The van der Waals surface area contributed by atoms with Gasteiger partial charge in [-0.1, -0.05) is 29.8 Å². The minimum Gasteiger partial charge on any atom is -0.348 e. The molecule has 28 heavy (non-hydrogen) atoms. The summed E-state index contributed by atoms with van der Waals surface area (Å²) in [5.74, 6) is -0.382. The molecule has 0 heterocycles. The second-order valence-electron chi connectivity index (χ2n) is 7.29. The summed E-state index contributed by atoms with van der Waals surface area (Å²) in [6.45, 7) is 9.49. The molecule has 2 aromatic carbocycles. The maximum Gasteiger partial charge on any atom is 0.241 e. The number of amides is 1. The minimum absolute atomic E-state index is 0.241. The predicted molar refractivity (Wildman–Crippen MR) is 116 cm³/mol. The van der Waals surface area contributed by atoms with Crippen LogP contribution in [0.1, 0.15) is 40.8 Å². The number of nitrogens with one attached hydrogen (secondary N) is 1. The molecule has 0 aliphatic heterocycles. The van der Waals surface area contributed by atoms with Gasteiger partial charge in [-0.3, -0.25) is 9.10 Å². The Kier molecular flexibility index (Phi) is 6.78. The molecule has 5 nitrogen and oxygen atoms in total. The third kappa shape index (κ3) is 5.26. The summed E-state index contributed by atoms with van der Waals surface area (Å²) >= 11 is 6.13. The fourth-order valence-corrected chi connectivity index (χ4v) is 4.10. The molecular formula is C21H27ClN2O3S. The highest BCUT2D eigenvalue weighted by atomic mass is 35.5. The van der Waals surface area contributed by atoms with E-state index in [1.807, 2.05) is 34.6 Å². The third-order valence-electron chi connectivity index (χ3n) is 4.86. The topological polar surface area (TPSA) is 66.5 Å². The van der Waals surface area contributed by atoms with Crippen molar-refractivity contribution >= 4 is 33.2 Å². The lowest BCUT2D eigenvalue weighted by Crippen LogP contribution is -2.41. The van der Waals surface area contributed by atoms with E-state index < -0.39 is 10.0 Å². The van der Waals surface area contributed by atoms with E-state index in [1.54, 1.807) is 18.2 Å². The first-order valence-electron chi connectivity index (χ1n) is 9.01. The van der Waals surface area contributed by atoms with Crippen molar-refractivity contribution in [3.05, 3.63) is 63.2 Å². The maximum absolute atomic E-state index is 12.6. The summed E-state index contributed by atoms with van der Waals surface area (Å²) in [6.07, 6.45) is 1.07. The first-order chi connectivity index (χ1) is 12.9. The summed E-state index contributed by atoms with van der Waals surface area (Å²) in [6, 6.07) is 8.84. The molecule has 0 aromatic heterocycles. The van der Waals surface area contributed by atoms with Gasteiger partial charge in [0.25, 0.3) is 0 Å². The number of carbonyl (C=O) groups excluding carboxylic acids is 1. The fourth-order valence-electron chi connectivity index (χ4n) is 3.08. The lowest BCUT2D eigenvalue weighted by molar-refractivity contribution is -0.120. The average molecular weight is 423 g/mol. The van der Waals surface area contributed by atoms with Crippen molar-refractivity contribution in [1.29, 1.82) is 0 Å². The first-order valence-corrected chi connectivity index (χ1v) is 11.2. The first kappa shape index (κ1) is 22.2. The number of anilines is 1. The number of sulfonamides is 1. The lowest BCUT2D eigenvalue weighted by Gasteiger charge is -2.24. The van der Waals surface area contributed by atoms with E-state index in [1.165, 1.54) is 5.56 Å². The van der Waals surface area contributed by atoms with Crippen molar-refractivity contribution in [1.82, 2.24) is 5.32 Å². The Morgan fingerprint density at radius 2 is 1.64 bits per heavy atom. The van der Waals surface area contributed by atoms with Crippen molar-refractivity contribution < 1.29 is 13.2 Å². The van der Waals surface area contributed by atoms with Gasteiger partial charge in [0.05, 0.1) is 18.0 Å². The second kappa shape index (κ2) is 8.53. The molecule has 2 aromatic rings. The largest absolute Gasteiger partial charge is 0.348 e. The molecule has 0 aliphatic rings. The molecule has 0 saturated heterocycles. The summed E-state index contributed by atoms with van der Waals surface area (Å²) in [5.41, 5.74) is 5.64. The molecule has 152 valence electrons. The fraction of sp³-hybridized carbons (Fsp3) is 0.381. The third-order valence-corrected chi connectivity index (χ3v) is 6.41. The van der Waals surface area contributed by atoms with Crippen LogP contribution in [0.3, 0.4) is 0 Å². The number of carbonyl (C=O) groups is 1. The van der Waals surface area contributed by atoms with Crippen LogP contribution in [0.15, 0.2) is 30.3 Å². The van der Waals surface area contributed by atoms with Crippen molar-refractivity contribution in [3.8, 4) is 0 Å². The van der Waals surface area contributed by atoms with Crippen LogP contribution in [0.5, 0.6) is 0 Å². The zero-order valence-electron chi connectivity index (χ0n) is 17.1. The number of nitrogens with zero attached hydrogens (tertiary/aromatic N) is 1. The Labute approximate surface area is 172 Å². The van der Waals surface area contributed by atoms with Crippen LogP contribution in [0, 0.1) is 27.7 Å². The highest BCUT2D eigenvalue weighted by Crippen LogP contribution is 2.25. The summed E-state index contributed by atoms with van der Waals surface area (Å²) in [7, 11) is -3.65. The number of benzene rings is 2. The van der Waals surface area contributed by atoms with Gasteiger partial charge in [-0.15, -0.1) is 0 Å². The van der Waals surface area contributed by atoms with Crippen molar-refractivity contribution in [2.24, 2.45) is 0 Å². The highest BCUT2D eigenvalue weighted by molar-refractivity contribution is 7.92. The van der Waals surface area contributed by atoms with Crippen LogP contribution in [-0.2, 0) is 14.8 Å². The number of aryl methyl sites for hydroxylation is 4. The summed E-state index contributed by atoms with van der Waals surface area (Å²) in [5, 5.41) is 3.35. The Bertz CT molecular complexity index is 1000. The van der Waals surface area contributed by atoms with Crippen LogP contribution in [0.4, 0.5) is 5.69 Å². The second-order valence-corrected chi connectivity index (χ2v) is 9.60. The summed E-state index contributed by atoms with van der Waals surface area (Å²) < 4.78 is 25.6. The van der Waals surface area contributed by atoms with E-state index in [9.17, 15) is 13.2 Å². The minimum atomic E-state index is -3.65. The molecule has 0 bridgehead atoms. The van der Waals surface area contributed by atoms with Crippen molar-refractivity contribution in [2.75, 3.05) is 17.1 Å². The molecule has 0 aliphatic carbocycles. The molecule has 0 fully saturated rings. The quantitative estimate of drug-likeness (QED) is 0.757. The van der Waals surface area contributed by atoms with Gasteiger partial charge in [0.1, 0.15) is 6.54 Å². The van der Waals surface area contributed by atoms with E-state index in [0.717, 1.165) is 32.8 Å². The van der Waals surface area contributed by atoms with Crippen LogP contribution < -0.4 is 9.62 Å². The van der Waals surface area contributed by atoms with E-state index in [0.29, 0.717) is 10.7 Å². The molecule has 0 saturated carbocycles. The standard InChI is InChI=1S/C21H27ClN2O3S/c1-13-7-8-18(11-20(13)22)24(28(6,26)27)12-21(25)23-17(5)19-10-15(3)14(2)9-16(19)4/h7-11,17H,12H2,1-6H3,(H,23,25)/t17-/m0/s1. The average Bonchev–Trinajstić information content (AvgIpc) is 2.57. The molecular weight excluding hydrogens is 396 g/mol. The molecule has 0 radical (unpaired) electrons. The van der Waals surface area contributed by atoms with E-state index >= 15 is 0 Å². The normalized spacial score (nSPS) is 12.5. The predicted octanol–water partition coefficient (Wildman–Crippen LogP) is 4.22. The monoisotopic (exact) mass is 422 g/mol. The van der Waals surface area contributed by atoms with Gasteiger partial charge in [-0.2, -0.15) is 0 Å². The number of halogens is 1. The molecule has 7 heteroatoms. The van der Waals surface area contributed by atoms with Crippen LogP contribution in [0.2, 0.25) is 5.02 Å². The summed E-state index contributed by atoms with van der Waals surface area (Å²) in [4.78, 5) is 12.6. The van der Waals surface area contributed by atoms with Gasteiger partial charge in [-0.05, 0) is 74.6 Å². The Balaban J connectivity index is 2.22. The van der Waals surface area contributed by atoms with Gasteiger partial charge < -0.3 is 5.32 Å². The zero-order chi connectivity index (χ0) is 21.2. The zero-order valence-corrected chi connectivity index (χ0v) is 18.7. The van der Waals surface area contributed by atoms with E-state index in [2.05, 4.69) is 17.4 Å². The van der Waals surface area contributed by atoms with E-state index in [-0.39, 0.29) is 18.5 Å². The molecule has 2 rings (SSSR count). The SMILES string of the molecule is Cc1cc(C)c([C@H](C)NC(=O)CN(c2ccc(C)c(Cl)c2)S(C)(=O)=O)cc1C. The van der Waals surface area contributed by atoms with E-state index in [4.69, 9.17) is 11.6 Å². The molecule has 1 atom stereocenters. The van der Waals surface area contributed by atoms with Gasteiger partial charge in [0.15, 0.2) is 0 Å². The highest BCUT2D eigenvalue weighted by Gasteiger charge is 2.23. The van der Waals surface area contributed by atoms with Gasteiger partial charge >= 0.3 is 0 Å². The van der Waals surface area contributed by atoms with Gasteiger partial charge in [0.2, 0.25) is 15.9 Å².